The predicted molar refractivity (Wildman–Crippen MR) is 83.3 cm³/mol. The summed E-state index contributed by atoms with van der Waals surface area (Å²) in [5, 5.41) is 12.5. The van der Waals surface area contributed by atoms with Crippen LogP contribution in [0.25, 0.3) is 0 Å². The largest absolute Gasteiger partial charge is 0.399 e. The monoisotopic (exact) mass is 311 g/mol. The van der Waals surface area contributed by atoms with Gasteiger partial charge in [-0.15, -0.1) is 0 Å². The number of anilines is 2. The van der Waals surface area contributed by atoms with Gasteiger partial charge in [-0.3, -0.25) is 0 Å². The minimum Gasteiger partial charge on any atom is -0.399 e. The highest BCUT2D eigenvalue weighted by Gasteiger charge is 2.17. The summed E-state index contributed by atoms with van der Waals surface area (Å²) in [6.07, 6.45) is 0. The van der Waals surface area contributed by atoms with Gasteiger partial charge in [0.15, 0.2) is 0 Å². The average Bonchev–Trinajstić information content (AvgIpc) is 2.85. The van der Waals surface area contributed by atoms with Crippen molar-refractivity contribution in [2.24, 2.45) is 5.14 Å². The SMILES string of the molecule is Cc1c(NC(C)c2ccsc2)cc(N)cc1S(N)(=O)=O. The number of thiophene rings is 1. The zero-order valence-electron chi connectivity index (χ0n) is 11.3. The summed E-state index contributed by atoms with van der Waals surface area (Å²) >= 11 is 1.61. The highest BCUT2D eigenvalue weighted by Crippen LogP contribution is 2.29. The molecule has 5 nitrogen and oxygen atoms in total. The van der Waals surface area contributed by atoms with Gasteiger partial charge in [0.2, 0.25) is 10.0 Å². The minimum atomic E-state index is -3.79. The highest BCUT2D eigenvalue weighted by atomic mass is 32.2. The first kappa shape index (κ1) is 14.8. The van der Waals surface area contributed by atoms with E-state index >= 15 is 0 Å². The van der Waals surface area contributed by atoms with Gasteiger partial charge in [-0.05, 0) is 53.9 Å². The Morgan fingerprint density at radius 3 is 2.60 bits per heavy atom. The normalized spacial score (nSPS) is 13.2. The molecule has 20 heavy (non-hydrogen) atoms. The summed E-state index contributed by atoms with van der Waals surface area (Å²) in [5.41, 5.74) is 8.50. The molecular formula is C13H17N3O2S2. The molecule has 0 amide bonds. The van der Waals surface area contributed by atoms with Crippen molar-refractivity contribution in [1.82, 2.24) is 0 Å². The zero-order chi connectivity index (χ0) is 14.9. The third-order valence-corrected chi connectivity index (χ3v) is 4.84. The summed E-state index contributed by atoms with van der Waals surface area (Å²) in [6.45, 7) is 3.71. The first-order valence-electron chi connectivity index (χ1n) is 6.00. The number of nitrogens with two attached hydrogens (primary N) is 2. The highest BCUT2D eigenvalue weighted by molar-refractivity contribution is 7.89. The summed E-state index contributed by atoms with van der Waals surface area (Å²) in [4.78, 5) is 0.0533. The number of primary sulfonamides is 1. The van der Waals surface area contributed by atoms with Gasteiger partial charge in [-0.2, -0.15) is 11.3 Å². The van der Waals surface area contributed by atoms with Crippen LogP contribution in [0.1, 0.15) is 24.1 Å². The van der Waals surface area contributed by atoms with E-state index in [2.05, 4.69) is 5.32 Å². The Kier molecular flexibility index (Phi) is 4.03. The van der Waals surface area contributed by atoms with Crippen molar-refractivity contribution in [2.45, 2.75) is 24.8 Å². The van der Waals surface area contributed by atoms with Crippen LogP contribution in [-0.4, -0.2) is 8.42 Å². The molecule has 0 bridgehead atoms. The zero-order valence-corrected chi connectivity index (χ0v) is 12.9. The molecule has 1 unspecified atom stereocenters. The van der Waals surface area contributed by atoms with Gasteiger partial charge in [0, 0.05) is 17.4 Å². The summed E-state index contributed by atoms with van der Waals surface area (Å²) in [6, 6.07) is 5.16. The molecule has 0 radical (unpaired) electrons. The second kappa shape index (κ2) is 5.43. The second-order valence-electron chi connectivity index (χ2n) is 4.66. The van der Waals surface area contributed by atoms with Crippen LogP contribution in [0.2, 0.25) is 0 Å². The van der Waals surface area contributed by atoms with Crippen molar-refractivity contribution in [3.63, 3.8) is 0 Å². The fourth-order valence-corrected chi connectivity index (χ4v) is 3.58. The van der Waals surface area contributed by atoms with Gasteiger partial charge < -0.3 is 11.1 Å². The topological polar surface area (TPSA) is 98.2 Å². The molecule has 0 spiro atoms. The summed E-state index contributed by atoms with van der Waals surface area (Å²) in [7, 11) is -3.79. The lowest BCUT2D eigenvalue weighted by Crippen LogP contribution is -2.16. The first-order valence-corrected chi connectivity index (χ1v) is 8.49. The Hall–Kier alpha value is -1.57. The Labute approximate surface area is 122 Å². The molecule has 1 aromatic carbocycles. The van der Waals surface area contributed by atoms with Gasteiger partial charge >= 0.3 is 0 Å². The van der Waals surface area contributed by atoms with Crippen molar-refractivity contribution in [1.29, 1.82) is 0 Å². The fraction of sp³-hybridized carbons (Fsp3) is 0.231. The van der Waals surface area contributed by atoms with Crippen LogP contribution in [0.4, 0.5) is 11.4 Å². The Morgan fingerprint density at radius 1 is 1.35 bits per heavy atom. The fourth-order valence-electron chi connectivity index (χ4n) is 1.99. The first-order chi connectivity index (χ1) is 9.29. The maximum absolute atomic E-state index is 11.6. The summed E-state index contributed by atoms with van der Waals surface area (Å²) < 4.78 is 23.1. The molecule has 0 saturated carbocycles. The van der Waals surface area contributed by atoms with Crippen molar-refractivity contribution in [3.05, 3.63) is 40.1 Å². The van der Waals surface area contributed by atoms with Crippen LogP contribution in [0.3, 0.4) is 0 Å². The number of benzene rings is 1. The average molecular weight is 311 g/mol. The molecule has 0 aliphatic carbocycles. The number of rotatable bonds is 4. The molecule has 0 fully saturated rings. The maximum Gasteiger partial charge on any atom is 0.238 e. The van der Waals surface area contributed by atoms with E-state index in [1.807, 2.05) is 23.8 Å². The predicted octanol–water partition coefficient (Wildman–Crippen LogP) is 2.46. The van der Waals surface area contributed by atoms with Crippen molar-refractivity contribution in [2.75, 3.05) is 11.1 Å². The molecule has 7 heteroatoms. The number of sulfonamides is 1. The van der Waals surface area contributed by atoms with Gasteiger partial charge in [0.25, 0.3) is 0 Å². The van der Waals surface area contributed by atoms with Gasteiger partial charge in [-0.1, -0.05) is 0 Å². The Balaban J connectivity index is 2.40. The molecule has 2 rings (SSSR count). The molecular weight excluding hydrogens is 294 g/mol. The van der Waals surface area contributed by atoms with Crippen molar-refractivity contribution < 1.29 is 8.42 Å². The molecule has 108 valence electrons. The van der Waals surface area contributed by atoms with Crippen LogP contribution >= 0.6 is 11.3 Å². The van der Waals surface area contributed by atoms with E-state index in [1.165, 1.54) is 6.07 Å². The Bertz CT molecular complexity index is 709. The molecule has 0 aliphatic rings. The molecule has 0 saturated heterocycles. The van der Waals surface area contributed by atoms with Crippen LogP contribution < -0.4 is 16.2 Å². The quantitative estimate of drug-likeness (QED) is 0.755. The van der Waals surface area contributed by atoms with Crippen LogP contribution in [0.5, 0.6) is 0 Å². The van der Waals surface area contributed by atoms with Gasteiger partial charge in [0.1, 0.15) is 0 Å². The van der Waals surface area contributed by atoms with E-state index in [-0.39, 0.29) is 10.9 Å². The molecule has 1 atom stereocenters. The number of hydrogen-bond donors (Lipinski definition) is 3. The number of hydrogen-bond acceptors (Lipinski definition) is 5. The van der Waals surface area contributed by atoms with Crippen molar-refractivity contribution >= 4 is 32.7 Å². The maximum atomic E-state index is 11.6. The smallest absolute Gasteiger partial charge is 0.238 e. The van der Waals surface area contributed by atoms with E-state index in [1.54, 1.807) is 24.3 Å². The third-order valence-electron chi connectivity index (χ3n) is 3.10. The van der Waals surface area contributed by atoms with E-state index in [0.717, 1.165) is 5.56 Å². The third kappa shape index (κ3) is 3.12. The van der Waals surface area contributed by atoms with Gasteiger partial charge in [-0.25, -0.2) is 13.6 Å². The molecule has 2 aromatic rings. The lowest BCUT2D eigenvalue weighted by molar-refractivity contribution is 0.597. The van der Waals surface area contributed by atoms with Crippen molar-refractivity contribution in [3.8, 4) is 0 Å². The van der Waals surface area contributed by atoms with E-state index < -0.39 is 10.0 Å². The van der Waals surface area contributed by atoms with E-state index in [4.69, 9.17) is 10.9 Å². The standard InChI is InChI=1S/C13H17N3O2S2/c1-8-12(16-9(2)10-3-4-19-7-10)5-11(14)6-13(8)20(15,17)18/h3-7,9,16H,14H2,1-2H3,(H2,15,17,18). The second-order valence-corrected chi connectivity index (χ2v) is 6.97. The molecule has 1 aromatic heterocycles. The van der Waals surface area contributed by atoms with Crippen LogP contribution in [-0.2, 0) is 10.0 Å². The molecule has 0 aliphatic heterocycles. The number of nitrogen functional groups attached to an aromatic ring is 1. The van der Waals surface area contributed by atoms with E-state index in [0.29, 0.717) is 16.9 Å². The van der Waals surface area contributed by atoms with Crippen LogP contribution in [0, 0.1) is 6.92 Å². The van der Waals surface area contributed by atoms with E-state index in [9.17, 15) is 8.42 Å². The lowest BCUT2D eigenvalue weighted by atomic mass is 10.1. The molecule has 1 heterocycles. The number of nitrogens with one attached hydrogen (secondary N) is 1. The lowest BCUT2D eigenvalue weighted by Gasteiger charge is -2.18. The van der Waals surface area contributed by atoms with Crippen LogP contribution in [0.15, 0.2) is 33.9 Å². The minimum absolute atomic E-state index is 0.0510. The summed E-state index contributed by atoms with van der Waals surface area (Å²) in [5.74, 6) is 0. The molecule has 5 N–H and O–H groups in total. The van der Waals surface area contributed by atoms with Gasteiger partial charge in [0.05, 0.1) is 4.90 Å². The Morgan fingerprint density at radius 2 is 2.05 bits per heavy atom.